The van der Waals surface area contributed by atoms with Gasteiger partial charge in [0.25, 0.3) is 5.91 Å². The molecule has 0 aliphatic heterocycles. The molecule has 0 radical (unpaired) electrons. The first-order chi connectivity index (χ1) is 11.5. The highest BCUT2D eigenvalue weighted by Gasteiger charge is 2.17. The Kier molecular flexibility index (Phi) is 8.32. The number of carbonyl (C=O) groups is 3. The molecule has 0 atom stereocenters. The van der Waals surface area contributed by atoms with Crippen LogP contribution < -0.4 is 10.1 Å². The minimum absolute atomic E-state index is 0.0425. The molecule has 0 fully saturated rings. The van der Waals surface area contributed by atoms with E-state index in [0.717, 1.165) is 5.56 Å². The quantitative estimate of drug-likeness (QED) is 0.673. The van der Waals surface area contributed by atoms with Gasteiger partial charge in [0.05, 0.1) is 20.1 Å². The second-order valence-electron chi connectivity index (χ2n) is 5.05. The van der Waals surface area contributed by atoms with E-state index in [9.17, 15) is 14.4 Å². The summed E-state index contributed by atoms with van der Waals surface area (Å²) in [4.78, 5) is 36.7. The third kappa shape index (κ3) is 6.68. The van der Waals surface area contributed by atoms with E-state index in [1.807, 2.05) is 0 Å². The fourth-order valence-corrected chi connectivity index (χ4v) is 2.00. The van der Waals surface area contributed by atoms with E-state index in [4.69, 9.17) is 9.47 Å². The first-order valence-corrected chi connectivity index (χ1v) is 7.83. The highest BCUT2D eigenvalue weighted by atomic mass is 16.5. The predicted molar refractivity (Wildman–Crippen MR) is 88.6 cm³/mol. The van der Waals surface area contributed by atoms with Crippen molar-refractivity contribution in [1.82, 2.24) is 10.2 Å². The lowest BCUT2D eigenvalue weighted by Crippen LogP contribution is -2.42. The first kappa shape index (κ1) is 19.5. The lowest BCUT2D eigenvalue weighted by atomic mass is 10.1. The molecule has 0 spiro atoms. The molecule has 0 saturated carbocycles. The molecule has 1 N–H and O–H groups in total. The van der Waals surface area contributed by atoms with Crippen molar-refractivity contribution in [3.8, 4) is 5.75 Å². The monoisotopic (exact) mass is 336 g/mol. The van der Waals surface area contributed by atoms with Crippen molar-refractivity contribution in [2.45, 2.75) is 20.3 Å². The van der Waals surface area contributed by atoms with Crippen molar-refractivity contribution in [3.63, 3.8) is 0 Å². The van der Waals surface area contributed by atoms with E-state index in [1.54, 1.807) is 45.2 Å². The van der Waals surface area contributed by atoms with E-state index in [2.05, 4.69) is 5.32 Å². The summed E-state index contributed by atoms with van der Waals surface area (Å²) in [5, 5.41) is 2.62. The first-order valence-electron chi connectivity index (χ1n) is 7.83. The third-order valence-electron chi connectivity index (χ3n) is 3.31. The van der Waals surface area contributed by atoms with Crippen LogP contribution in [-0.4, -0.2) is 56.0 Å². The van der Waals surface area contributed by atoms with Crippen molar-refractivity contribution >= 4 is 17.8 Å². The van der Waals surface area contributed by atoms with Crippen LogP contribution in [0.2, 0.25) is 0 Å². The van der Waals surface area contributed by atoms with Crippen molar-refractivity contribution < 1.29 is 23.9 Å². The Morgan fingerprint density at radius 2 is 1.79 bits per heavy atom. The molecule has 1 aromatic rings. The Morgan fingerprint density at radius 1 is 1.12 bits per heavy atom. The van der Waals surface area contributed by atoms with Gasteiger partial charge in [0.1, 0.15) is 5.75 Å². The fourth-order valence-electron chi connectivity index (χ4n) is 2.00. The van der Waals surface area contributed by atoms with E-state index < -0.39 is 11.9 Å². The summed E-state index contributed by atoms with van der Waals surface area (Å²) in [5.41, 5.74) is 0.767. The predicted octanol–water partition coefficient (Wildman–Crippen LogP) is 0.766. The Labute approximate surface area is 141 Å². The largest absolute Gasteiger partial charge is 0.497 e. The van der Waals surface area contributed by atoms with E-state index in [-0.39, 0.29) is 25.5 Å². The molecule has 0 heterocycles. The molecule has 1 aromatic carbocycles. The number of carbonyl (C=O) groups excluding carboxylic acids is 3. The number of methoxy groups -OCH3 is 1. The third-order valence-corrected chi connectivity index (χ3v) is 3.31. The van der Waals surface area contributed by atoms with Gasteiger partial charge in [-0.15, -0.1) is 0 Å². The Bertz CT molecular complexity index is 557. The van der Waals surface area contributed by atoms with Gasteiger partial charge in [0, 0.05) is 13.1 Å². The molecule has 0 aliphatic rings. The number of hydrogen-bond acceptors (Lipinski definition) is 5. The van der Waals surface area contributed by atoms with Crippen LogP contribution in [0.4, 0.5) is 0 Å². The van der Waals surface area contributed by atoms with E-state index in [1.165, 1.54) is 4.90 Å². The molecule has 24 heavy (non-hydrogen) atoms. The van der Waals surface area contributed by atoms with E-state index in [0.29, 0.717) is 18.8 Å². The number of nitrogens with one attached hydrogen (secondary N) is 1. The van der Waals surface area contributed by atoms with Gasteiger partial charge < -0.3 is 19.7 Å². The zero-order chi connectivity index (χ0) is 17.9. The average Bonchev–Trinajstić information content (AvgIpc) is 2.58. The molecule has 7 nitrogen and oxygen atoms in total. The lowest BCUT2D eigenvalue weighted by Gasteiger charge is -2.20. The summed E-state index contributed by atoms with van der Waals surface area (Å²) in [6.45, 7) is 4.02. The molecule has 0 aromatic heterocycles. The van der Waals surface area contributed by atoms with Crippen LogP contribution in [-0.2, 0) is 25.5 Å². The van der Waals surface area contributed by atoms with Gasteiger partial charge in [-0.2, -0.15) is 0 Å². The highest BCUT2D eigenvalue weighted by molar-refractivity contribution is 5.86. The van der Waals surface area contributed by atoms with Crippen LogP contribution in [0, 0.1) is 0 Å². The van der Waals surface area contributed by atoms with Crippen LogP contribution in [0.25, 0.3) is 0 Å². The summed E-state index contributed by atoms with van der Waals surface area (Å²) >= 11 is 0. The summed E-state index contributed by atoms with van der Waals surface area (Å²) < 4.78 is 10.0. The number of nitrogens with zero attached hydrogens (tertiary/aromatic N) is 1. The van der Waals surface area contributed by atoms with Crippen LogP contribution in [0.3, 0.4) is 0 Å². The average molecular weight is 336 g/mol. The van der Waals surface area contributed by atoms with Crippen LogP contribution in [0.5, 0.6) is 5.75 Å². The minimum Gasteiger partial charge on any atom is -0.497 e. The van der Waals surface area contributed by atoms with Gasteiger partial charge in [-0.25, -0.2) is 0 Å². The van der Waals surface area contributed by atoms with Gasteiger partial charge in [0.15, 0.2) is 6.61 Å². The van der Waals surface area contributed by atoms with Crippen LogP contribution >= 0.6 is 0 Å². The van der Waals surface area contributed by atoms with Crippen molar-refractivity contribution in [2.24, 2.45) is 0 Å². The zero-order valence-electron chi connectivity index (χ0n) is 14.3. The maximum Gasteiger partial charge on any atom is 0.310 e. The molecule has 0 saturated heterocycles. The SMILES string of the molecule is CCNC(=O)CN(CC)C(=O)COC(=O)Cc1ccc(OC)cc1. The smallest absolute Gasteiger partial charge is 0.310 e. The molecule has 0 aliphatic carbocycles. The molecular formula is C17H24N2O5. The van der Waals surface area contributed by atoms with Gasteiger partial charge in [-0.05, 0) is 31.5 Å². The van der Waals surface area contributed by atoms with Gasteiger partial charge in [0.2, 0.25) is 5.91 Å². The maximum atomic E-state index is 12.0. The molecule has 2 amide bonds. The number of likely N-dealkylation sites (N-methyl/N-ethyl adjacent to an activating group) is 2. The number of esters is 1. The summed E-state index contributed by atoms with van der Waals surface area (Å²) in [5.74, 6) is -0.432. The van der Waals surface area contributed by atoms with Crippen molar-refractivity contribution in [1.29, 1.82) is 0 Å². The lowest BCUT2D eigenvalue weighted by molar-refractivity contribution is -0.152. The van der Waals surface area contributed by atoms with Crippen molar-refractivity contribution in [2.75, 3.05) is 33.4 Å². The summed E-state index contributed by atoms with van der Waals surface area (Å²) in [6.07, 6.45) is 0.0692. The van der Waals surface area contributed by atoms with Gasteiger partial charge >= 0.3 is 5.97 Å². The molecule has 0 unspecified atom stereocenters. The molecule has 0 bridgehead atoms. The van der Waals surface area contributed by atoms with Crippen LogP contribution in [0.1, 0.15) is 19.4 Å². The van der Waals surface area contributed by atoms with Crippen molar-refractivity contribution in [3.05, 3.63) is 29.8 Å². The number of ether oxygens (including phenoxy) is 2. The standard InChI is InChI=1S/C17H24N2O5/c1-4-18-15(20)11-19(5-2)16(21)12-24-17(22)10-13-6-8-14(23-3)9-7-13/h6-9H,4-5,10-12H2,1-3H3,(H,18,20). The Hall–Kier alpha value is -2.57. The number of amides is 2. The number of rotatable bonds is 9. The molecule has 1 rings (SSSR count). The second kappa shape index (κ2) is 10.3. The zero-order valence-corrected chi connectivity index (χ0v) is 14.3. The minimum atomic E-state index is -0.498. The Balaban J connectivity index is 2.43. The highest BCUT2D eigenvalue weighted by Crippen LogP contribution is 2.12. The van der Waals surface area contributed by atoms with Gasteiger partial charge in [-0.1, -0.05) is 12.1 Å². The number of hydrogen-bond donors (Lipinski definition) is 1. The summed E-state index contributed by atoms with van der Waals surface area (Å²) in [6, 6.07) is 7.02. The Morgan fingerprint density at radius 3 is 2.33 bits per heavy atom. The van der Waals surface area contributed by atoms with Crippen LogP contribution in [0.15, 0.2) is 24.3 Å². The normalized spacial score (nSPS) is 9.96. The molecular weight excluding hydrogens is 312 g/mol. The molecule has 132 valence electrons. The molecule has 7 heteroatoms. The second-order valence-corrected chi connectivity index (χ2v) is 5.05. The van der Waals surface area contributed by atoms with E-state index >= 15 is 0 Å². The number of benzene rings is 1. The maximum absolute atomic E-state index is 12.0. The topological polar surface area (TPSA) is 84.9 Å². The fraction of sp³-hybridized carbons (Fsp3) is 0.471. The summed E-state index contributed by atoms with van der Waals surface area (Å²) in [7, 11) is 1.56. The van der Waals surface area contributed by atoms with Gasteiger partial charge in [-0.3, -0.25) is 14.4 Å².